The van der Waals surface area contributed by atoms with E-state index in [0.717, 1.165) is 29.5 Å². The maximum absolute atomic E-state index is 6.04. The number of ether oxygens (including phenoxy) is 1. The molecular weight excluding hydrogens is 291 g/mol. The molecule has 0 spiro atoms. The molecular formula is C11H16BrClN2O. The highest BCUT2D eigenvalue weighted by molar-refractivity contribution is 9.10. The first-order valence-corrected chi connectivity index (χ1v) is 6.26. The molecule has 3 nitrogen and oxygen atoms in total. The summed E-state index contributed by atoms with van der Waals surface area (Å²) in [5.41, 5.74) is 3.88. The largest absolute Gasteiger partial charge is 0.385 e. The highest BCUT2D eigenvalue weighted by Gasteiger charge is 2.10. The predicted octanol–water partition coefficient (Wildman–Crippen LogP) is 3.03. The minimum atomic E-state index is 0.112. The summed E-state index contributed by atoms with van der Waals surface area (Å²) in [6.07, 6.45) is 1.88. The first-order valence-electron chi connectivity index (χ1n) is 5.09. The van der Waals surface area contributed by atoms with Crippen molar-refractivity contribution >= 4 is 27.5 Å². The van der Waals surface area contributed by atoms with Crippen LogP contribution in [0.15, 0.2) is 22.7 Å². The number of benzene rings is 1. The van der Waals surface area contributed by atoms with Gasteiger partial charge in [0.2, 0.25) is 0 Å². The van der Waals surface area contributed by atoms with Crippen LogP contribution < -0.4 is 11.3 Å². The molecule has 0 aromatic heterocycles. The predicted molar refractivity (Wildman–Crippen MR) is 70.3 cm³/mol. The molecule has 0 amide bonds. The highest BCUT2D eigenvalue weighted by Crippen LogP contribution is 2.27. The molecule has 0 saturated carbocycles. The summed E-state index contributed by atoms with van der Waals surface area (Å²) in [6, 6.07) is 5.97. The molecule has 0 bridgehead atoms. The van der Waals surface area contributed by atoms with E-state index in [1.54, 1.807) is 7.11 Å². The Morgan fingerprint density at radius 2 is 2.31 bits per heavy atom. The van der Waals surface area contributed by atoms with Crippen molar-refractivity contribution in [2.75, 3.05) is 13.7 Å². The molecule has 1 aromatic carbocycles. The second-order valence-corrected chi connectivity index (χ2v) is 4.79. The number of hydrazine groups is 1. The van der Waals surface area contributed by atoms with Crippen LogP contribution in [0.3, 0.4) is 0 Å². The summed E-state index contributed by atoms with van der Waals surface area (Å²) in [6.45, 7) is 0.739. The van der Waals surface area contributed by atoms with Crippen molar-refractivity contribution in [1.82, 2.24) is 5.43 Å². The lowest BCUT2D eigenvalue weighted by atomic mass is 10.0. The zero-order valence-corrected chi connectivity index (χ0v) is 11.5. The Bertz CT molecular complexity index is 336. The lowest BCUT2D eigenvalue weighted by molar-refractivity contribution is 0.189. The summed E-state index contributed by atoms with van der Waals surface area (Å²) in [5.74, 6) is 5.53. The smallest absolute Gasteiger partial charge is 0.0551 e. The Labute approximate surface area is 109 Å². The number of hydrogen-bond acceptors (Lipinski definition) is 3. The van der Waals surface area contributed by atoms with Gasteiger partial charge in [0.05, 0.1) is 5.02 Å². The molecule has 90 valence electrons. The van der Waals surface area contributed by atoms with E-state index in [4.69, 9.17) is 22.2 Å². The molecule has 0 aliphatic heterocycles. The minimum absolute atomic E-state index is 0.112. The topological polar surface area (TPSA) is 47.3 Å². The van der Waals surface area contributed by atoms with Crippen LogP contribution in [0, 0.1) is 0 Å². The molecule has 0 fully saturated rings. The van der Waals surface area contributed by atoms with Gasteiger partial charge in [-0.15, -0.1) is 0 Å². The molecule has 0 aliphatic carbocycles. The summed E-state index contributed by atoms with van der Waals surface area (Å²) in [7, 11) is 1.70. The van der Waals surface area contributed by atoms with E-state index in [1.807, 2.05) is 18.2 Å². The van der Waals surface area contributed by atoms with Gasteiger partial charge in [-0.25, -0.2) is 0 Å². The fourth-order valence-corrected chi connectivity index (χ4v) is 1.94. The minimum Gasteiger partial charge on any atom is -0.385 e. The van der Waals surface area contributed by atoms with Crippen molar-refractivity contribution in [3.8, 4) is 0 Å². The SMILES string of the molecule is COCCCC(NN)c1ccc(Br)c(Cl)c1. The molecule has 0 aliphatic rings. The summed E-state index contributed by atoms with van der Waals surface area (Å²) >= 11 is 9.40. The summed E-state index contributed by atoms with van der Waals surface area (Å²) in [5, 5.41) is 0.699. The first kappa shape index (κ1) is 13.9. The van der Waals surface area contributed by atoms with Crippen molar-refractivity contribution in [3.05, 3.63) is 33.3 Å². The van der Waals surface area contributed by atoms with Crippen LogP contribution >= 0.6 is 27.5 Å². The van der Waals surface area contributed by atoms with Gasteiger partial charge in [0, 0.05) is 24.2 Å². The number of hydrogen-bond donors (Lipinski definition) is 2. The second-order valence-electron chi connectivity index (χ2n) is 3.53. The van der Waals surface area contributed by atoms with Crippen molar-refractivity contribution < 1.29 is 4.74 Å². The van der Waals surface area contributed by atoms with Crippen LogP contribution in [0.4, 0.5) is 0 Å². The van der Waals surface area contributed by atoms with E-state index >= 15 is 0 Å². The van der Waals surface area contributed by atoms with Gasteiger partial charge < -0.3 is 4.74 Å². The molecule has 16 heavy (non-hydrogen) atoms. The number of methoxy groups -OCH3 is 1. The summed E-state index contributed by atoms with van der Waals surface area (Å²) < 4.78 is 5.91. The van der Waals surface area contributed by atoms with Crippen molar-refractivity contribution in [3.63, 3.8) is 0 Å². The Balaban J connectivity index is 2.67. The standard InChI is InChI=1S/C11H16BrClN2O/c1-16-6-2-3-11(15-14)8-4-5-9(12)10(13)7-8/h4-5,7,11,15H,2-3,6,14H2,1H3. The van der Waals surface area contributed by atoms with E-state index in [1.165, 1.54) is 0 Å². The van der Waals surface area contributed by atoms with Gasteiger partial charge in [-0.3, -0.25) is 11.3 Å². The lowest BCUT2D eigenvalue weighted by Crippen LogP contribution is -2.28. The van der Waals surface area contributed by atoms with E-state index < -0.39 is 0 Å². The number of halogens is 2. The van der Waals surface area contributed by atoms with Crippen molar-refractivity contribution in [1.29, 1.82) is 0 Å². The maximum atomic E-state index is 6.04. The van der Waals surface area contributed by atoms with Crippen LogP contribution in [-0.4, -0.2) is 13.7 Å². The zero-order valence-electron chi connectivity index (χ0n) is 9.17. The third-order valence-corrected chi connectivity index (χ3v) is 3.62. The van der Waals surface area contributed by atoms with Gasteiger partial charge in [-0.05, 0) is 46.5 Å². The zero-order chi connectivity index (χ0) is 12.0. The maximum Gasteiger partial charge on any atom is 0.0551 e. The molecule has 1 atom stereocenters. The quantitative estimate of drug-likeness (QED) is 0.482. The van der Waals surface area contributed by atoms with Gasteiger partial charge in [0.25, 0.3) is 0 Å². The van der Waals surface area contributed by atoms with Crippen LogP contribution in [0.2, 0.25) is 5.02 Å². The molecule has 3 N–H and O–H groups in total. The first-order chi connectivity index (χ1) is 7.69. The third kappa shape index (κ3) is 4.03. The van der Waals surface area contributed by atoms with Gasteiger partial charge in [-0.2, -0.15) is 0 Å². The molecule has 0 heterocycles. The normalized spacial score (nSPS) is 12.8. The molecule has 0 saturated heterocycles. The summed E-state index contributed by atoms with van der Waals surface area (Å²) in [4.78, 5) is 0. The van der Waals surface area contributed by atoms with Crippen LogP contribution in [0.25, 0.3) is 0 Å². The molecule has 1 aromatic rings. The van der Waals surface area contributed by atoms with E-state index in [-0.39, 0.29) is 6.04 Å². The van der Waals surface area contributed by atoms with E-state index in [2.05, 4.69) is 21.4 Å². The number of nitrogens with two attached hydrogens (primary N) is 1. The Hall–Kier alpha value is -0.130. The third-order valence-electron chi connectivity index (χ3n) is 2.39. The monoisotopic (exact) mass is 306 g/mol. The Morgan fingerprint density at radius 1 is 1.56 bits per heavy atom. The molecule has 1 unspecified atom stereocenters. The van der Waals surface area contributed by atoms with Crippen LogP contribution in [0.1, 0.15) is 24.4 Å². The van der Waals surface area contributed by atoms with Gasteiger partial charge in [0.15, 0.2) is 0 Å². The number of rotatable bonds is 6. The number of nitrogens with one attached hydrogen (secondary N) is 1. The lowest BCUT2D eigenvalue weighted by Gasteiger charge is -2.16. The second kappa shape index (κ2) is 7.25. The van der Waals surface area contributed by atoms with Gasteiger partial charge in [0.1, 0.15) is 0 Å². The van der Waals surface area contributed by atoms with Crippen molar-refractivity contribution in [2.24, 2.45) is 5.84 Å². The fraction of sp³-hybridized carbons (Fsp3) is 0.455. The Morgan fingerprint density at radius 3 is 2.88 bits per heavy atom. The highest BCUT2D eigenvalue weighted by atomic mass is 79.9. The van der Waals surface area contributed by atoms with Crippen LogP contribution in [-0.2, 0) is 4.74 Å². The fourth-order valence-electron chi connectivity index (χ4n) is 1.51. The van der Waals surface area contributed by atoms with E-state index in [9.17, 15) is 0 Å². The molecule has 0 radical (unpaired) electrons. The molecule has 5 heteroatoms. The molecule has 1 rings (SSSR count). The Kier molecular flexibility index (Phi) is 6.31. The van der Waals surface area contributed by atoms with Gasteiger partial charge in [-0.1, -0.05) is 17.7 Å². The van der Waals surface area contributed by atoms with Crippen molar-refractivity contribution in [2.45, 2.75) is 18.9 Å². The van der Waals surface area contributed by atoms with Crippen LogP contribution in [0.5, 0.6) is 0 Å². The average Bonchev–Trinajstić information content (AvgIpc) is 2.29. The van der Waals surface area contributed by atoms with E-state index in [0.29, 0.717) is 5.02 Å². The average molecular weight is 308 g/mol. The van der Waals surface area contributed by atoms with Gasteiger partial charge >= 0.3 is 0 Å².